The van der Waals surface area contributed by atoms with Crippen LogP contribution in [0.5, 0.6) is 0 Å². The van der Waals surface area contributed by atoms with E-state index in [0.717, 1.165) is 25.7 Å². The minimum absolute atomic E-state index is 0.0134. The maximum absolute atomic E-state index is 11.7. The molecule has 1 N–H and O–H groups in total. The molecule has 0 amide bonds. The molecule has 1 saturated carbocycles. The molecule has 1 aliphatic carbocycles. The van der Waals surface area contributed by atoms with Crippen LogP contribution < -0.4 is 0 Å². The summed E-state index contributed by atoms with van der Waals surface area (Å²) >= 11 is 0. The van der Waals surface area contributed by atoms with E-state index in [1.807, 2.05) is 27.7 Å². The van der Waals surface area contributed by atoms with Crippen LogP contribution in [-0.4, -0.2) is 23.3 Å². The molecular weight excluding hydrogens is 216 g/mol. The van der Waals surface area contributed by atoms with Gasteiger partial charge in [-0.3, -0.25) is 4.79 Å². The molecule has 17 heavy (non-hydrogen) atoms. The van der Waals surface area contributed by atoms with Gasteiger partial charge < -0.3 is 9.84 Å². The highest BCUT2D eigenvalue weighted by atomic mass is 16.6. The minimum Gasteiger partial charge on any atom is -0.460 e. The number of carbonyl (C=O) groups is 1. The standard InChI is InChI=1S/C14H26O3/c1-10(13(16)17-14(2,3)4)6-5-7-11-8-12(11)9-15/h10-12,15H,5-9H2,1-4H3/t10?,11-,12+/m0/s1. The number of hydrogen-bond donors (Lipinski definition) is 1. The van der Waals surface area contributed by atoms with Crippen molar-refractivity contribution in [3.63, 3.8) is 0 Å². The van der Waals surface area contributed by atoms with Crippen LogP contribution in [0.1, 0.15) is 53.4 Å². The van der Waals surface area contributed by atoms with Gasteiger partial charge in [-0.1, -0.05) is 19.8 Å². The third-order valence-corrected chi connectivity index (χ3v) is 3.32. The first-order valence-electron chi connectivity index (χ1n) is 6.67. The lowest BCUT2D eigenvalue weighted by Gasteiger charge is -2.22. The van der Waals surface area contributed by atoms with Gasteiger partial charge in [0.15, 0.2) is 0 Å². The van der Waals surface area contributed by atoms with Gasteiger partial charge in [0.1, 0.15) is 5.60 Å². The van der Waals surface area contributed by atoms with E-state index in [1.54, 1.807) is 0 Å². The van der Waals surface area contributed by atoms with E-state index in [9.17, 15) is 4.79 Å². The lowest BCUT2D eigenvalue weighted by molar-refractivity contribution is -0.159. The van der Waals surface area contributed by atoms with Gasteiger partial charge >= 0.3 is 5.97 Å². The molecule has 1 aliphatic rings. The highest BCUT2D eigenvalue weighted by Crippen LogP contribution is 2.41. The van der Waals surface area contributed by atoms with Crippen molar-refractivity contribution in [1.29, 1.82) is 0 Å². The van der Waals surface area contributed by atoms with Crippen molar-refractivity contribution in [1.82, 2.24) is 0 Å². The average Bonchev–Trinajstić information content (AvgIpc) is 2.93. The molecule has 0 aromatic heterocycles. The van der Waals surface area contributed by atoms with Crippen LogP contribution in [0.2, 0.25) is 0 Å². The number of aliphatic hydroxyl groups is 1. The monoisotopic (exact) mass is 242 g/mol. The van der Waals surface area contributed by atoms with Crippen LogP contribution in [-0.2, 0) is 9.53 Å². The molecule has 100 valence electrons. The Balaban J connectivity index is 2.12. The Kier molecular flexibility index (Phi) is 4.99. The summed E-state index contributed by atoms with van der Waals surface area (Å²) in [5.74, 6) is 1.13. The van der Waals surface area contributed by atoms with E-state index in [-0.39, 0.29) is 17.5 Å². The quantitative estimate of drug-likeness (QED) is 0.728. The molecular formula is C14H26O3. The van der Waals surface area contributed by atoms with Gasteiger partial charge in [-0.25, -0.2) is 0 Å². The maximum atomic E-state index is 11.7. The molecule has 0 aromatic rings. The molecule has 0 saturated heterocycles. The molecule has 1 fully saturated rings. The number of carbonyl (C=O) groups excluding carboxylic acids is 1. The van der Waals surface area contributed by atoms with Gasteiger partial charge in [-0.05, 0) is 45.4 Å². The molecule has 3 nitrogen and oxygen atoms in total. The van der Waals surface area contributed by atoms with E-state index in [4.69, 9.17) is 9.84 Å². The number of hydrogen-bond acceptors (Lipinski definition) is 3. The first-order valence-corrected chi connectivity index (χ1v) is 6.67. The van der Waals surface area contributed by atoms with Crippen LogP contribution >= 0.6 is 0 Å². The largest absolute Gasteiger partial charge is 0.460 e. The lowest BCUT2D eigenvalue weighted by Crippen LogP contribution is -2.27. The van der Waals surface area contributed by atoms with Gasteiger partial charge in [-0.2, -0.15) is 0 Å². The Morgan fingerprint density at radius 2 is 2.06 bits per heavy atom. The summed E-state index contributed by atoms with van der Waals surface area (Å²) in [6.07, 6.45) is 4.25. The zero-order valence-corrected chi connectivity index (χ0v) is 11.5. The molecule has 1 rings (SSSR count). The molecule has 0 aliphatic heterocycles. The summed E-state index contributed by atoms with van der Waals surface area (Å²) < 4.78 is 5.34. The van der Waals surface area contributed by atoms with Crippen LogP contribution in [0.25, 0.3) is 0 Å². The Bertz CT molecular complexity index is 255. The van der Waals surface area contributed by atoms with Gasteiger partial charge in [0.05, 0.1) is 5.92 Å². The fourth-order valence-corrected chi connectivity index (χ4v) is 2.09. The van der Waals surface area contributed by atoms with Crippen molar-refractivity contribution in [2.24, 2.45) is 17.8 Å². The van der Waals surface area contributed by atoms with E-state index >= 15 is 0 Å². The average molecular weight is 242 g/mol. The van der Waals surface area contributed by atoms with Crippen molar-refractivity contribution in [3.05, 3.63) is 0 Å². The first-order chi connectivity index (χ1) is 7.83. The Morgan fingerprint density at radius 3 is 2.53 bits per heavy atom. The van der Waals surface area contributed by atoms with Crippen molar-refractivity contribution < 1.29 is 14.6 Å². The van der Waals surface area contributed by atoms with Gasteiger partial charge in [0.25, 0.3) is 0 Å². The Morgan fingerprint density at radius 1 is 1.41 bits per heavy atom. The zero-order chi connectivity index (χ0) is 13.1. The van der Waals surface area contributed by atoms with Crippen molar-refractivity contribution >= 4 is 5.97 Å². The van der Waals surface area contributed by atoms with E-state index in [2.05, 4.69) is 0 Å². The van der Waals surface area contributed by atoms with Crippen molar-refractivity contribution in [3.8, 4) is 0 Å². The van der Waals surface area contributed by atoms with Crippen LogP contribution in [0.3, 0.4) is 0 Å². The van der Waals surface area contributed by atoms with Gasteiger partial charge in [0, 0.05) is 6.61 Å². The van der Waals surface area contributed by atoms with Crippen LogP contribution in [0.15, 0.2) is 0 Å². The number of aliphatic hydroxyl groups excluding tert-OH is 1. The predicted molar refractivity (Wildman–Crippen MR) is 67.5 cm³/mol. The second-order valence-electron chi connectivity index (χ2n) is 6.30. The SMILES string of the molecule is CC(CCC[C@H]1C[C@@H]1CO)C(=O)OC(C)(C)C. The lowest BCUT2D eigenvalue weighted by atomic mass is 10.0. The summed E-state index contributed by atoms with van der Waals surface area (Å²) in [7, 11) is 0. The smallest absolute Gasteiger partial charge is 0.309 e. The fourth-order valence-electron chi connectivity index (χ4n) is 2.09. The normalized spacial score (nSPS) is 25.5. The highest BCUT2D eigenvalue weighted by molar-refractivity contribution is 5.72. The second-order valence-corrected chi connectivity index (χ2v) is 6.30. The highest BCUT2D eigenvalue weighted by Gasteiger charge is 2.35. The van der Waals surface area contributed by atoms with Gasteiger partial charge in [0.2, 0.25) is 0 Å². The zero-order valence-electron chi connectivity index (χ0n) is 11.5. The number of esters is 1. The molecule has 1 unspecified atom stereocenters. The molecule has 0 spiro atoms. The van der Waals surface area contributed by atoms with Crippen LogP contribution in [0.4, 0.5) is 0 Å². The molecule has 0 aromatic carbocycles. The Labute approximate surface area is 105 Å². The summed E-state index contributed by atoms with van der Waals surface area (Å²) in [6, 6.07) is 0. The second kappa shape index (κ2) is 5.85. The summed E-state index contributed by atoms with van der Waals surface area (Å²) in [4.78, 5) is 11.7. The van der Waals surface area contributed by atoms with Gasteiger partial charge in [-0.15, -0.1) is 0 Å². The molecule has 0 heterocycles. The molecule has 0 radical (unpaired) electrons. The van der Waals surface area contributed by atoms with E-state index < -0.39 is 0 Å². The van der Waals surface area contributed by atoms with Crippen molar-refractivity contribution in [2.45, 2.75) is 59.0 Å². The summed E-state index contributed by atoms with van der Waals surface area (Å²) in [5, 5.41) is 8.93. The number of rotatable bonds is 6. The first kappa shape index (κ1) is 14.5. The molecule has 0 bridgehead atoms. The molecule has 3 atom stereocenters. The van der Waals surface area contributed by atoms with E-state index in [1.165, 1.54) is 0 Å². The third-order valence-electron chi connectivity index (χ3n) is 3.32. The van der Waals surface area contributed by atoms with Crippen molar-refractivity contribution in [2.75, 3.05) is 6.61 Å². The predicted octanol–water partition coefficient (Wildman–Crippen LogP) is 2.76. The Hall–Kier alpha value is -0.570. The third kappa shape index (κ3) is 5.53. The minimum atomic E-state index is -0.385. The maximum Gasteiger partial charge on any atom is 0.309 e. The topological polar surface area (TPSA) is 46.5 Å². The summed E-state index contributed by atoms with van der Waals surface area (Å²) in [5.41, 5.74) is -0.385. The van der Waals surface area contributed by atoms with E-state index in [0.29, 0.717) is 18.4 Å². The number of ether oxygens (including phenoxy) is 1. The van der Waals surface area contributed by atoms with Crippen LogP contribution in [0, 0.1) is 17.8 Å². The fraction of sp³-hybridized carbons (Fsp3) is 0.929. The summed E-state index contributed by atoms with van der Waals surface area (Å²) in [6.45, 7) is 7.95. The molecule has 3 heteroatoms.